The first kappa shape index (κ1) is 25.9. The molecule has 4 aromatic rings. The summed E-state index contributed by atoms with van der Waals surface area (Å²) in [5, 5.41) is 41.2. The van der Waals surface area contributed by atoms with Crippen molar-refractivity contribution in [2.24, 2.45) is 0 Å². The number of ether oxygens (including phenoxy) is 2. The van der Waals surface area contributed by atoms with Gasteiger partial charge in [0.1, 0.15) is 11.5 Å². The Morgan fingerprint density at radius 1 is 0.632 bits per heavy atom. The standard InChI is InChI=1S/C27H20N2O9/c30-15-17-1-5-19(6-2-17)23-13-21(28(33)34)9-11-25(23)37-27(32)38-26-12-10-22(29(35)36)14-24(26)20-7-3-18(16-31)4-8-20/h1-14,30-31H,15-16H2. The average molecular weight is 516 g/mol. The molecular formula is C27H20N2O9. The lowest BCUT2D eigenvalue weighted by Crippen LogP contribution is -2.15. The van der Waals surface area contributed by atoms with Gasteiger partial charge < -0.3 is 19.7 Å². The zero-order chi connectivity index (χ0) is 27.2. The minimum atomic E-state index is -1.17. The van der Waals surface area contributed by atoms with E-state index in [-0.39, 0.29) is 47.2 Å². The Hall–Kier alpha value is -5.13. The van der Waals surface area contributed by atoms with Crippen LogP contribution in [0.4, 0.5) is 16.2 Å². The number of aliphatic hydroxyl groups excluding tert-OH is 2. The van der Waals surface area contributed by atoms with Crippen LogP contribution < -0.4 is 9.47 Å². The van der Waals surface area contributed by atoms with E-state index in [2.05, 4.69) is 0 Å². The molecular weight excluding hydrogens is 496 g/mol. The fraction of sp³-hybridized carbons (Fsp3) is 0.0741. The van der Waals surface area contributed by atoms with Crippen LogP contribution in [0.1, 0.15) is 11.1 Å². The van der Waals surface area contributed by atoms with Crippen LogP contribution in [-0.4, -0.2) is 26.2 Å². The third kappa shape index (κ3) is 5.81. The summed E-state index contributed by atoms with van der Waals surface area (Å²) in [6.07, 6.45) is -1.17. The number of carbonyl (C=O) groups excluding carboxylic acids is 1. The van der Waals surface area contributed by atoms with Crippen LogP contribution in [0.15, 0.2) is 84.9 Å². The highest BCUT2D eigenvalue weighted by atomic mass is 16.7. The molecule has 0 aliphatic rings. The zero-order valence-corrected chi connectivity index (χ0v) is 19.6. The van der Waals surface area contributed by atoms with Crippen molar-refractivity contribution in [3.05, 3.63) is 116 Å². The Morgan fingerprint density at radius 3 is 1.32 bits per heavy atom. The summed E-state index contributed by atoms with van der Waals surface area (Å²) in [6, 6.07) is 20.3. The number of hydrogen-bond donors (Lipinski definition) is 2. The van der Waals surface area contributed by atoms with E-state index in [0.29, 0.717) is 22.3 Å². The van der Waals surface area contributed by atoms with Crippen molar-refractivity contribution in [1.29, 1.82) is 0 Å². The zero-order valence-electron chi connectivity index (χ0n) is 19.6. The van der Waals surface area contributed by atoms with Crippen molar-refractivity contribution in [3.8, 4) is 33.8 Å². The summed E-state index contributed by atoms with van der Waals surface area (Å²) in [7, 11) is 0. The smallest absolute Gasteiger partial charge is 0.394 e. The van der Waals surface area contributed by atoms with Crippen molar-refractivity contribution in [2.45, 2.75) is 13.2 Å². The fourth-order valence-corrected chi connectivity index (χ4v) is 3.67. The maximum absolute atomic E-state index is 12.8. The molecule has 0 aliphatic carbocycles. The first-order chi connectivity index (χ1) is 18.3. The first-order valence-corrected chi connectivity index (χ1v) is 11.2. The quantitative estimate of drug-likeness (QED) is 0.135. The highest BCUT2D eigenvalue weighted by molar-refractivity contribution is 5.80. The molecule has 4 aromatic carbocycles. The lowest BCUT2D eigenvalue weighted by atomic mass is 10.0. The SMILES string of the molecule is O=C(Oc1ccc([N+](=O)[O-])cc1-c1ccc(CO)cc1)Oc1ccc([N+](=O)[O-])cc1-c1ccc(CO)cc1. The van der Waals surface area contributed by atoms with Crippen LogP contribution in [-0.2, 0) is 13.2 Å². The largest absolute Gasteiger partial charge is 0.519 e. The molecule has 0 bridgehead atoms. The Bertz CT molecular complexity index is 1390. The summed E-state index contributed by atoms with van der Waals surface area (Å²) < 4.78 is 10.8. The molecule has 0 heterocycles. The van der Waals surface area contributed by atoms with E-state index in [1.54, 1.807) is 48.5 Å². The molecule has 11 nitrogen and oxygen atoms in total. The van der Waals surface area contributed by atoms with Crippen LogP contribution in [0.2, 0.25) is 0 Å². The van der Waals surface area contributed by atoms with Gasteiger partial charge in [-0.1, -0.05) is 48.5 Å². The number of non-ortho nitro benzene ring substituents is 2. The molecule has 0 aromatic heterocycles. The molecule has 0 atom stereocenters. The number of aliphatic hydroxyl groups is 2. The molecule has 11 heteroatoms. The van der Waals surface area contributed by atoms with E-state index >= 15 is 0 Å². The monoisotopic (exact) mass is 516 g/mol. The number of nitro groups is 2. The van der Waals surface area contributed by atoms with Gasteiger partial charge in [-0.2, -0.15) is 0 Å². The molecule has 0 unspecified atom stereocenters. The summed E-state index contributed by atoms with van der Waals surface area (Å²) >= 11 is 0. The lowest BCUT2D eigenvalue weighted by Gasteiger charge is -2.13. The number of carbonyl (C=O) groups is 1. The third-order valence-electron chi connectivity index (χ3n) is 5.63. The Kier molecular flexibility index (Phi) is 7.71. The third-order valence-corrected chi connectivity index (χ3v) is 5.63. The van der Waals surface area contributed by atoms with E-state index in [4.69, 9.17) is 9.47 Å². The van der Waals surface area contributed by atoms with Gasteiger partial charge in [-0.15, -0.1) is 0 Å². The van der Waals surface area contributed by atoms with Crippen molar-refractivity contribution >= 4 is 17.5 Å². The molecule has 0 saturated carbocycles. The molecule has 0 spiro atoms. The Morgan fingerprint density at radius 2 is 1.00 bits per heavy atom. The lowest BCUT2D eigenvalue weighted by molar-refractivity contribution is -0.385. The van der Waals surface area contributed by atoms with Crippen LogP contribution >= 0.6 is 0 Å². The van der Waals surface area contributed by atoms with E-state index in [0.717, 1.165) is 0 Å². The van der Waals surface area contributed by atoms with Gasteiger partial charge in [0.25, 0.3) is 11.4 Å². The predicted octanol–water partition coefficient (Wildman–Crippen LogP) is 5.40. The predicted molar refractivity (Wildman–Crippen MR) is 136 cm³/mol. The normalized spacial score (nSPS) is 10.6. The number of nitro benzene ring substituents is 2. The van der Waals surface area contributed by atoms with Crippen molar-refractivity contribution in [3.63, 3.8) is 0 Å². The molecule has 0 saturated heterocycles. The summed E-state index contributed by atoms with van der Waals surface area (Å²) in [5.74, 6) is -0.0405. The number of benzene rings is 4. The van der Waals surface area contributed by atoms with Gasteiger partial charge in [0.15, 0.2) is 0 Å². The van der Waals surface area contributed by atoms with Gasteiger partial charge in [0.05, 0.1) is 23.1 Å². The molecule has 0 aliphatic heterocycles. The van der Waals surface area contributed by atoms with Crippen molar-refractivity contribution in [2.75, 3.05) is 0 Å². The van der Waals surface area contributed by atoms with E-state index < -0.39 is 16.0 Å². The van der Waals surface area contributed by atoms with Gasteiger partial charge in [0, 0.05) is 35.4 Å². The molecule has 0 amide bonds. The molecule has 2 N–H and O–H groups in total. The Balaban J connectivity index is 1.67. The van der Waals surface area contributed by atoms with Gasteiger partial charge in [0.2, 0.25) is 0 Å². The second kappa shape index (κ2) is 11.3. The molecule has 4 rings (SSSR count). The summed E-state index contributed by atoms with van der Waals surface area (Å²) in [4.78, 5) is 34.3. The molecule has 0 radical (unpaired) electrons. The molecule has 0 fully saturated rings. The van der Waals surface area contributed by atoms with Crippen molar-refractivity contribution < 1.29 is 34.3 Å². The van der Waals surface area contributed by atoms with E-state index in [9.17, 15) is 35.2 Å². The highest BCUT2D eigenvalue weighted by Crippen LogP contribution is 2.36. The van der Waals surface area contributed by atoms with Gasteiger partial charge in [-0.25, -0.2) is 4.79 Å². The van der Waals surface area contributed by atoms with Crippen LogP contribution in [0.25, 0.3) is 22.3 Å². The Labute approximate surface area is 215 Å². The minimum Gasteiger partial charge on any atom is -0.394 e. The van der Waals surface area contributed by atoms with Gasteiger partial charge in [-0.3, -0.25) is 20.2 Å². The van der Waals surface area contributed by atoms with Crippen molar-refractivity contribution in [1.82, 2.24) is 0 Å². The van der Waals surface area contributed by atoms with Gasteiger partial charge >= 0.3 is 6.16 Å². The molecule has 38 heavy (non-hydrogen) atoms. The minimum absolute atomic E-state index is 0.0203. The maximum Gasteiger partial charge on any atom is 0.519 e. The number of hydrogen-bond acceptors (Lipinski definition) is 9. The fourth-order valence-electron chi connectivity index (χ4n) is 3.67. The topological polar surface area (TPSA) is 162 Å². The maximum atomic E-state index is 12.8. The molecule has 192 valence electrons. The van der Waals surface area contributed by atoms with Gasteiger partial charge in [-0.05, 0) is 34.4 Å². The summed E-state index contributed by atoms with van der Waals surface area (Å²) in [6.45, 7) is -0.379. The first-order valence-electron chi connectivity index (χ1n) is 11.2. The second-order valence-electron chi connectivity index (χ2n) is 8.04. The number of nitrogens with zero attached hydrogens (tertiary/aromatic N) is 2. The number of rotatable bonds is 8. The average Bonchev–Trinajstić information content (AvgIpc) is 2.93. The highest BCUT2D eigenvalue weighted by Gasteiger charge is 2.20. The van der Waals surface area contributed by atoms with E-state index in [1.165, 1.54) is 36.4 Å². The van der Waals surface area contributed by atoms with Crippen LogP contribution in [0.3, 0.4) is 0 Å². The van der Waals surface area contributed by atoms with Crippen LogP contribution in [0.5, 0.6) is 11.5 Å². The summed E-state index contributed by atoms with van der Waals surface area (Å²) in [5.41, 5.74) is 2.26. The van der Waals surface area contributed by atoms with Crippen LogP contribution in [0, 0.1) is 20.2 Å². The van der Waals surface area contributed by atoms with E-state index in [1.807, 2.05) is 0 Å². The second-order valence-corrected chi connectivity index (χ2v) is 8.04.